The Morgan fingerprint density at radius 3 is 2.64 bits per heavy atom. The number of benzene rings is 1. The van der Waals surface area contributed by atoms with Crippen molar-refractivity contribution in [1.82, 2.24) is 20.4 Å². The van der Waals surface area contributed by atoms with Crippen molar-refractivity contribution < 1.29 is 9.32 Å². The average Bonchev–Trinajstić information content (AvgIpc) is 3.29. The second-order valence-corrected chi connectivity index (χ2v) is 7.77. The number of carbonyl (C=O) groups excluding carboxylic acids is 1. The molecule has 0 aliphatic carbocycles. The molecule has 0 saturated carbocycles. The van der Waals surface area contributed by atoms with Crippen molar-refractivity contribution in [2.75, 3.05) is 38.1 Å². The lowest BCUT2D eigenvalue weighted by Gasteiger charge is -2.30. The van der Waals surface area contributed by atoms with Crippen LogP contribution in [0, 0.1) is 0 Å². The summed E-state index contributed by atoms with van der Waals surface area (Å²) in [5.74, 6) is 1.27. The van der Waals surface area contributed by atoms with Crippen LogP contribution in [-0.2, 0) is 4.79 Å². The minimum atomic E-state index is -0.349. The predicted octanol–water partition coefficient (Wildman–Crippen LogP) is 2.71. The second-order valence-electron chi connectivity index (χ2n) is 7.77. The highest BCUT2D eigenvalue weighted by Crippen LogP contribution is 2.32. The maximum Gasteiger partial charge on any atom is 0.239 e. The van der Waals surface area contributed by atoms with Gasteiger partial charge in [-0.15, -0.1) is 12.4 Å². The number of likely N-dealkylation sites (N-methyl/N-ethyl adjacent to an activating group) is 1. The van der Waals surface area contributed by atoms with Crippen molar-refractivity contribution in [2.24, 2.45) is 0 Å². The molecule has 4 rings (SSSR count). The van der Waals surface area contributed by atoms with Gasteiger partial charge in [-0.2, -0.15) is 4.98 Å². The van der Waals surface area contributed by atoms with Gasteiger partial charge in [0.25, 0.3) is 0 Å². The van der Waals surface area contributed by atoms with Gasteiger partial charge in [0.15, 0.2) is 5.82 Å². The average molecular weight is 406 g/mol. The summed E-state index contributed by atoms with van der Waals surface area (Å²) in [6.45, 7) is 7.70. The van der Waals surface area contributed by atoms with Crippen LogP contribution in [0.4, 0.5) is 5.69 Å². The molecule has 1 aromatic heterocycles. The van der Waals surface area contributed by atoms with E-state index in [0.29, 0.717) is 30.6 Å². The minimum absolute atomic E-state index is 0. The highest BCUT2D eigenvalue weighted by Gasteiger charge is 2.38. The van der Waals surface area contributed by atoms with Crippen LogP contribution in [0.3, 0.4) is 0 Å². The number of hydrogen-bond donors (Lipinski definition) is 1. The third-order valence-corrected chi connectivity index (χ3v) is 5.64. The van der Waals surface area contributed by atoms with Crippen molar-refractivity contribution in [3.63, 3.8) is 0 Å². The number of nitrogens with one attached hydrogen (secondary N) is 1. The molecular weight excluding hydrogens is 378 g/mol. The number of anilines is 1. The van der Waals surface area contributed by atoms with E-state index in [9.17, 15) is 4.79 Å². The fourth-order valence-electron chi connectivity index (χ4n) is 3.82. The van der Waals surface area contributed by atoms with E-state index in [1.165, 1.54) is 5.56 Å². The lowest BCUT2D eigenvalue weighted by molar-refractivity contribution is -0.118. The van der Waals surface area contributed by atoms with Crippen LogP contribution < -0.4 is 10.2 Å². The molecule has 2 unspecified atom stereocenters. The summed E-state index contributed by atoms with van der Waals surface area (Å²) in [7, 11) is 2.06. The lowest BCUT2D eigenvalue weighted by Crippen LogP contribution is -2.44. The number of aromatic nitrogens is 2. The first-order chi connectivity index (χ1) is 13.0. The molecule has 2 fully saturated rings. The molecule has 1 amide bonds. The van der Waals surface area contributed by atoms with Gasteiger partial charge in [0.05, 0.1) is 6.04 Å². The van der Waals surface area contributed by atoms with Crippen molar-refractivity contribution in [3.05, 3.63) is 41.5 Å². The molecule has 2 aliphatic heterocycles. The quantitative estimate of drug-likeness (QED) is 0.843. The molecular formula is C20H28ClN5O2. The summed E-state index contributed by atoms with van der Waals surface area (Å²) >= 11 is 0. The summed E-state index contributed by atoms with van der Waals surface area (Å²) in [4.78, 5) is 21.6. The molecule has 2 atom stereocenters. The van der Waals surface area contributed by atoms with Crippen LogP contribution in [0.1, 0.15) is 55.4 Å². The van der Waals surface area contributed by atoms with Gasteiger partial charge < -0.3 is 14.7 Å². The van der Waals surface area contributed by atoms with E-state index >= 15 is 0 Å². The molecule has 7 nitrogen and oxygen atoms in total. The normalized spacial score (nSPS) is 23.3. The summed E-state index contributed by atoms with van der Waals surface area (Å²) < 4.78 is 5.49. The number of halogens is 1. The molecule has 3 heterocycles. The van der Waals surface area contributed by atoms with Crippen molar-refractivity contribution in [1.29, 1.82) is 0 Å². The Bertz CT molecular complexity index is 807. The topological polar surface area (TPSA) is 74.5 Å². The summed E-state index contributed by atoms with van der Waals surface area (Å²) in [5, 5.41) is 7.51. The molecule has 2 aliphatic rings. The van der Waals surface area contributed by atoms with E-state index in [1.54, 1.807) is 0 Å². The van der Waals surface area contributed by atoms with Crippen LogP contribution in [0.25, 0.3) is 0 Å². The third-order valence-electron chi connectivity index (χ3n) is 5.64. The largest absolute Gasteiger partial charge is 0.338 e. The first-order valence-electron chi connectivity index (χ1n) is 9.70. The number of nitrogens with zero attached hydrogens (tertiary/aromatic N) is 4. The van der Waals surface area contributed by atoms with Crippen LogP contribution >= 0.6 is 12.4 Å². The number of amides is 1. The highest BCUT2D eigenvalue weighted by atomic mass is 35.5. The van der Waals surface area contributed by atoms with Crippen molar-refractivity contribution in [2.45, 2.75) is 38.1 Å². The van der Waals surface area contributed by atoms with E-state index in [1.807, 2.05) is 17.0 Å². The number of rotatable bonds is 4. The van der Waals surface area contributed by atoms with Gasteiger partial charge in [0.1, 0.15) is 5.92 Å². The first-order valence-corrected chi connectivity index (χ1v) is 9.70. The van der Waals surface area contributed by atoms with Crippen LogP contribution in [-0.4, -0.2) is 54.2 Å². The molecule has 2 saturated heterocycles. The molecule has 28 heavy (non-hydrogen) atoms. The van der Waals surface area contributed by atoms with Gasteiger partial charge in [-0.25, -0.2) is 0 Å². The second kappa shape index (κ2) is 8.59. The first kappa shape index (κ1) is 20.8. The number of piperazine rings is 1. The van der Waals surface area contributed by atoms with Gasteiger partial charge in [-0.3, -0.25) is 9.69 Å². The maximum atomic E-state index is 13.0. The Morgan fingerprint density at radius 2 is 1.96 bits per heavy atom. The smallest absolute Gasteiger partial charge is 0.239 e. The number of carbonyl (C=O) groups is 1. The zero-order valence-corrected chi connectivity index (χ0v) is 17.4. The molecule has 152 valence electrons. The standard InChI is InChI=1S/C20H27N5O2.ClH/c1-13(2)14-4-6-15(7-5-14)25-10-8-16(20(25)26)19-22-18(23-27-19)17-12-21-9-11-24(17)3;/h4-7,13,16-17,21H,8-12H2,1-3H3;1H. The Labute approximate surface area is 171 Å². The van der Waals surface area contributed by atoms with Crippen LogP contribution in [0.5, 0.6) is 0 Å². The Kier molecular flexibility index (Phi) is 6.37. The monoisotopic (exact) mass is 405 g/mol. The Morgan fingerprint density at radius 1 is 1.21 bits per heavy atom. The Hall–Kier alpha value is -1.96. The van der Waals surface area contributed by atoms with E-state index in [4.69, 9.17) is 4.52 Å². The summed E-state index contributed by atoms with van der Waals surface area (Å²) in [6.07, 6.45) is 0.700. The number of hydrogen-bond acceptors (Lipinski definition) is 6. The SMILES string of the molecule is CC(C)c1ccc(N2CCC(c3nc(C4CNCCN4C)no3)C2=O)cc1.Cl. The van der Waals surface area contributed by atoms with E-state index in [2.05, 4.69) is 53.4 Å². The van der Waals surface area contributed by atoms with Gasteiger partial charge >= 0.3 is 0 Å². The van der Waals surface area contributed by atoms with Gasteiger partial charge in [0, 0.05) is 31.9 Å². The fraction of sp³-hybridized carbons (Fsp3) is 0.550. The summed E-state index contributed by atoms with van der Waals surface area (Å²) in [6, 6.07) is 8.33. The molecule has 1 aromatic carbocycles. The van der Waals surface area contributed by atoms with Gasteiger partial charge in [-0.1, -0.05) is 31.1 Å². The van der Waals surface area contributed by atoms with Crippen molar-refractivity contribution >= 4 is 24.0 Å². The van der Waals surface area contributed by atoms with E-state index in [0.717, 1.165) is 25.3 Å². The fourth-order valence-corrected chi connectivity index (χ4v) is 3.82. The molecule has 1 N–H and O–H groups in total. The maximum absolute atomic E-state index is 13.0. The van der Waals surface area contributed by atoms with Gasteiger partial charge in [-0.05, 0) is 37.1 Å². The van der Waals surface area contributed by atoms with Crippen LogP contribution in [0.2, 0.25) is 0 Å². The van der Waals surface area contributed by atoms with Crippen molar-refractivity contribution in [3.8, 4) is 0 Å². The molecule has 2 aromatic rings. The lowest BCUT2D eigenvalue weighted by atomic mass is 10.0. The van der Waals surface area contributed by atoms with E-state index in [-0.39, 0.29) is 30.3 Å². The molecule has 0 bridgehead atoms. The van der Waals surface area contributed by atoms with E-state index < -0.39 is 0 Å². The third kappa shape index (κ3) is 3.92. The van der Waals surface area contributed by atoms with Gasteiger partial charge in [0.2, 0.25) is 11.8 Å². The minimum Gasteiger partial charge on any atom is -0.338 e. The highest BCUT2D eigenvalue weighted by molar-refractivity contribution is 5.99. The zero-order chi connectivity index (χ0) is 19.0. The molecule has 8 heteroatoms. The zero-order valence-electron chi connectivity index (χ0n) is 16.6. The predicted molar refractivity (Wildman–Crippen MR) is 110 cm³/mol. The van der Waals surface area contributed by atoms with Crippen LogP contribution in [0.15, 0.2) is 28.8 Å². The summed E-state index contributed by atoms with van der Waals surface area (Å²) in [5.41, 5.74) is 2.21. The molecule has 0 spiro atoms. The Balaban J connectivity index is 0.00000225. The molecule has 0 radical (unpaired) electrons.